The maximum Gasteiger partial charge on any atom is 0.273 e. The number of carbonyl (C=O) groups is 2. The molecule has 0 aromatic heterocycles. The third-order valence-corrected chi connectivity index (χ3v) is 7.06. The lowest BCUT2D eigenvalue weighted by Gasteiger charge is -2.31. The normalized spacial score (nSPS) is 17.5. The summed E-state index contributed by atoms with van der Waals surface area (Å²) < 4.78 is 27.7. The van der Waals surface area contributed by atoms with E-state index in [1.165, 1.54) is 28.6 Å². The molecule has 154 valence electrons. The Labute approximate surface area is 177 Å². The molecule has 10 heteroatoms. The first-order valence-corrected chi connectivity index (χ1v) is 11.2. The van der Waals surface area contributed by atoms with Crippen LogP contribution in [0.2, 0.25) is 0 Å². The molecule has 2 aromatic rings. The van der Waals surface area contributed by atoms with E-state index >= 15 is 0 Å². The van der Waals surface area contributed by atoms with Gasteiger partial charge < -0.3 is 5.11 Å². The lowest BCUT2D eigenvalue weighted by atomic mass is 9.99. The zero-order valence-corrected chi connectivity index (χ0v) is 17.7. The molecule has 0 saturated carbocycles. The molecule has 1 aliphatic heterocycles. The van der Waals surface area contributed by atoms with Gasteiger partial charge in [-0.25, -0.2) is 8.42 Å². The van der Waals surface area contributed by atoms with Crippen LogP contribution >= 0.6 is 15.9 Å². The second kappa shape index (κ2) is 8.93. The summed E-state index contributed by atoms with van der Waals surface area (Å²) in [6.45, 7) is 0.350. The van der Waals surface area contributed by atoms with Crippen molar-refractivity contribution in [1.29, 1.82) is 0 Å². The number of hydrogen-bond donors (Lipinski definition) is 3. The van der Waals surface area contributed by atoms with E-state index in [4.69, 9.17) is 0 Å². The number of phenolic OH excluding ortho intramolecular Hbond substituents is 1. The lowest BCUT2D eigenvalue weighted by molar-refractivity contribution is -0.126. The number of hydrazine groups is 1. The number of phenols is 1. The monoisotopic (exact) mass is 481 g/mol. The Morgan fingerprint density at radius 1 is 1.07 bits per heavy atom. The maximum atomic E-state index is 12.8. The molecular formula is C19H20BrN3O5S. The van der Waals surface area contributed by atoms with Gasteiger partial charge in [0.2, 0.25) is 15.9 Å². The van der Waals surface area contributed by atoms with Crippen molar-refractivity contribution < 1.29 is 23.1 Å². The highest BCUT2D eigenvalue weighted by molar-refractivity contribution is 9.10. The summed E-state index contributed by atoms with van der Waals surface area (Å²) in [5, 5.41) is 9.69. The van der Waals surface area contributed by atoms with Gasteiger partial charge >= 0.3 is 0 Å². The van der Waals surface area contributed by atoms with Gasteiger partial charge in [0.05, 0.1) is 16.4 Å². The van der Waals surface area contributed by atoms with Crippen molar-refractivity contribution in [2.75, 3.05) is 13.1 Å². The van der Waals surface area contributed by atoms with Gasteiger partial charge in [0.15, 0.2) is 0 Å². The van der Waals surface area contributed by atoms with Gasteiger partial charge in [-0.15, -0.1) is 0 Å². The smallest absolute Gasteiger partial charge is 0.273 e. The second-order valence-corrected chi connectivity index (χ2v) is 9.47. The molecule has 1 unspecified atom stereocenters. The fourth-order valence-electron chi connectivity index (χ4n) is 3.08. The van der Waals surface area contributed by atoms with Crippen LogP contribution in [0.5, 0.6) is 5.75 Å². The molecule has 1 fully saturated rings. The van der Waals surface area contributed by atoms with Gasteiger partial charge in [0.1, 0.15) is 5.75 Å². The van der Waals surface area contributed by atoms with E-state index in [2.05, 4.69) is 26.8 Å². The highest BCUT2D eigenvalue weighted by Crippen LogP contribution is 2.25. The van der Waals surface area contributed by atoms with E-state index in [0.717, 1.165) is 4.47 Å². The van der Waals surface area contributed by atoms with Crippen molar-refractivity contribution in [3.05, 3.63) is 58.6 Å². The lowest BCUT2D eigenvalue weighted by Crippen LogP contribution is -2.50. The minimum absolute atomic E-state index is 0.0240. The zero-order valence-electron chi connectivity index (χ0n) is 15.3. The molecule has 1 saturated heterocycles. The van der Waals surface area contributed by atoms with E-state index in [0.29, 0.717) is 19.4 Å². The number of piperidine rings is 1. The van der Waals surface area contributed by atoms with Gasteiger partial charge in [-0.1, -0.05) is 28.1 Å². The number of aromatic hydroxyl groups is 1. The van der Waals surface area contributed by atoms with E-state index in [1.54, 1.807) is 24.3 Å². The van der Waals surface area contributed by atoms with Crippen molar-refractivity contribution >= 4 is 37.8 Å². The molecule has 1 aliphatic rings. The number of nitrogens with one attached hydrogen (secondary N) is 2. The van der Waals surface area contributed by atoms with Gasteiger partial charge in [0, 0.05) is 17.6 Å². The summed E-state index contributed by atoms with van der Waals surface area (Å²) in [4.78, 5) is 24.7. The number of sulfonamides is 1. The fraction of sp³-hybridized carbons (Fsp3) is 0.263. The molecule has 0 aliphatic carbocycles. The van der Waals surface area contributed by atoms with Crippen LogP contribution < -0.4 is 10.9 Å². The Morgan fingerprint density at radius 3 is 2.45 bits per heavy atom. The number of halogens is 1. The van der Waals surface area contributed by atoms with Crippen LogP contribution in [0, 0.1) is 5.92 Å². The van der Waals surface area contributed by atoms with Crippen LogP contribution in [0.1, 0.15) is 23.2 Å². The van der Waals surface area contributed by atoms with Gasteiger partial charge in [0.25, 0.3) is 5.91 Å². The number of amides is 2. The van der Waals surface area contributed by atoms with Crippen molar-refractivity contribution in [1.82, 2.24) is 15.2 Å². The van der Waals surface area contributed by atoms with Gasteiger partial charge in [-0.3, -0.25) is 20.4 Å². The third kappa shape index (κ3) is 4.95. The molecule has 8 nitrogen and oxygen atoms in total. The molecule has 0 spiro atoms. The quantitative estimate of drug-likeness (QED) is 0.577. The first kappa shape index (κ1) is 21.3. The topological polar surface area (TPSA) is 116 Å². The largest absolute Gasteiger partial charge is 0.507 e. The predicted molar refractivity (Wildman–Crippen MR) is 109 cm³/mol. The highest BCUT2D eigenvalue weighted by Gasteiger charge is 2.33. The SMILES string of the molecule is O=C(NNC(=O)C1CCCN(S(=O)(=O)c2ccc(Br)cc2)C1)c1ccccc1O. The van der Waals surface area contributed by atoms with Crippen molar-refractivity contribution in [3.8, 4) is 5.75 Å². The molecule has 29 heavy (non-hydrogen) atoms. The average molecular weight is 482 g/mol. The van der Waals surface area contributed by atoms with Crippen LogP contribution in [0.15, 0.2) is 57.9 Å². The van der Waals surface area contributed by atoms with E-state index in [-0.39, 0.29) is 22.8 Å². The van der Waals surface area contributed by atoms with E-state index < -0.39 is 27.8 Å². The Bertz CT molecular complexity index is 1010. The molecule has 3 N–H and O–H groups in total. The highest BCUT2D eigenvalue weighted by atomic mass is 79.9. The molecule has 1 atom stereocenters. The van der Waals surface area contributed by atoms with Crippen molar-refractivity contribution in [2.45, 2.75) is 17.7 Å². The van der Waals surface area contributed by atoms with Crippen LogP contribution in [0.4, 0.5) is 0 Å². The van der Waals surface area contributed by atoms with Crippen LogP contribution in [0.25, 0.3) is 0 Å². The molecule has 2 aromatic carbocycles. The summed E-state index contributed by atoms with van der Waals surface area (Å²) in [5.74, 6) is -1.95. The summed E-state index contributed by atoms with van der Waals surface area (Å²) in [5.41, 5.74) is 4.60. The standard InChI is InChI=1S/C19H20BrN3O5S/c20-14-7-9-15(10-8-14)29(27,28)23-11-3-4-13(12-23)18(25)21-22-19(26)16-5-1-2-6-17(16)24/h1-2,5-10,13,24H,3-4,11-12H2,(H,21,25)(H,22,26). The number of nitrogens with zero attached hydrogens (tertiary/aromatic N) is 1. The summed E-state index contributed by atoms with van der Waals surface area (Å²) in [7, 11) is -3.71. The first-order valence-electron chi connectivity index (χ1n) is 8.93. The zero-order chi connectivity index (χ0) is 21.0. The second-order valence-electron chi connectivity index (χ2n) is 6.62. The molecule has 3 rings (SSSR count). The molecule has 2 amide bonds. The van der Waals surface area contributed by atoms with Gasteiger partial charge in [-0.2, -0.15) is 4.31 Å². The maximum absolute atomic E-state index is 12.8. The number of benzene rings is 2. The van der Waals surface area contributed by atoms with Crippen LogP contribution in [-0.2, 0) is 14.8 Å². The average Bonchev–Trinajstić information content (AvgIpc) is 2.72. The summed E-state index contributed by atoms with van der Waals surface area (Å²) >= 11 is 3.28. The number of para-hydroxylation sites is 1. The summed E-state index contributed by atoms with van der Waals surface area (Å²) in [6, 6.07) is 12.3. The van der Waals surface area contributed by atoms with E-state index in [9.17, 15) is 23.1 Å². The molecule has 0 radical (unpaired) electrons. The number of hydrogen-bond acceptors (Lipinski definition) is 5. The third-order valence-electron chi connectivity index (χ3n) is 4.65. The first-order chi connectivity index (χ1) is 13.8. The molecule has 0 bridgehead atoms. The summed E-state index contributed by atoms with van der Waals surface area (Å²) in [6.07, 6.45) is 1.03. The van der Waals surface area contributed by atoms with Gasteiger partial charge in [-0.05, 0) is 49.2 Å². The number of carbonyl (C=O) groups excluding carboxylic acids is 2. The Kier molecular flexibility index (Phi) is 6.56. The van der Waals surface area contributed by atoms with Crippen LogP contribution in [-0.4, -0.2) is 42.7 Å². The predicted octanol–water partition coefficient (Wildman–Crippen LogP) is 2.02. The molecular weight excluding hydrogens is 462 g/mol. The van der Waals surface area contributed by atoms with E-state index in [1.807, 2.05) is 0 Å². The van der Waals surface area contributed by atoms with Crippen LogP contribution in [0.3, 0.4) is 0 Å². The van der Waals surface area contributed by atoms with Crippen molar-refractivity contribution in [2.24, 2.45) is 5.92 Å². The van der Waals surface area contributed by atoms with Crippen molar-refractivity contribution in [3.63, 3.8) is 0 Å². The molecule has 1 heterocycles. The Morgan fingerprint density at radius 2 is 1.76 bits per heavy atom. The fourth-order valence-corrected chi connectivity index (χ4v) is 4.87. The number of rotatable bonds is 4. The minimum Gasteiger partial charge on any atom is -0.507 e. The Hall–Kier alpha value is -2.43. The Balaban J connectivity index is 1.63. The minimum atomic E-state index is -3.71.